The molecular weight excluding hydrogens is 295 g/mol. The number of carbonyl (C=O) groups excluding carboxylic acids is 1. The number of nitrogens with one attached hydrogen (secondary N) is 1. The molecule has 0 aliphatic heterocycles. The fourth-order valence-corrected chi connectivity index (χ4v) is 2.53. The van der Waals surface area contributed by atoms with Crippen molar-refractivity contribution in [2.24, 2.45) is 7.05 Å². The van der Waals surface area contributed by atoms with Crippen LogP contribution in [-0.4, -0.2) is 20.0 Å². The van der Waals surface area contributed by atoms with Crippen molar-refractivity contribution >= 4 is 5.91 Å². The Hall–Kier alpha value is -2.89. The van der Waals surface area contributed by atoms with Crippen molar-refractivity contribution in [1.29, 1.82) is 0 Å². The van der Waals surface area contributed by atoms with Crippen LogP contribution < -0.4 is 5.32 Å². The molecule has 3 aromatic rings. The summed E-state index contributed by atoms with van der Waals surface area (Å²) >= 11 is 0. The van der Waals surface area contributed by atoms with Crippen molar-refractivity contribution < 1.29 is 9.18 Å². The van der Waals surface area contributed by atoms with Crippen LogP contribution in [0.2, 0.25) is 0 Å². The first-order chi connectivity index (χ1) is 11.1. The number of aryl methyl sites for hydroxylation is 2. The first-order valence-corrected chi connectivity index (χ1v) is 7.23. The van der Waals surface area contributed by atoms with E-state index >= 15 is 0 Å². The van der Waals surface area contributed by atoms with Crippen LogP contribution in [0.3, 0.4) is 0 Å². The number of imidazole rings is 1. The Morgan fingerprint density at radius 3 is 2.74 bits per heavy atom. The van der Waals surface area contributed by atoms with Crippen LogP contribution in [0, 0.1) is 12.7 Å². The van der Waals surface area contributed by atoms with Gasteiger partial charge in [0.05, 0.1) is 12.0 Å². The number of benzene rings is 1. The van der Waals surface area contributed by atoms with Crippen molar-refractivity contribution in [3.63, 3.8) is 0 Å². The highest BCUT2D eigenvalue weighted by Crippen LogP contribution is 2.15. The van der Waals surface area contributed by atoms with Crippen LogP contribution in [0.4, 0.5) is 4.39 Å². The van der Waals surface area contributed by atoms with Gasteiger partial charge in [-0.3, -0.25) is 4.79 Å². The zero-order chi connectivity index (χ0) is 16.4. The van der Waals surface area contributed by atoms with E-state index < -0.39 is 0 Å². The molecule has 1 aromatic carbocycles. The summed E-state index contributed by atoms with van der Waals surface area (Å²) in [6, 6.07) is 6.77. The maximum absolute atomic E-state index is 14.2. The highest BCUT2D eigenvalue weighted by Gasteiger charge is 2.13. The largest absolute Gasteiger partial charge is 0.347 e. The number of carbonyl (C=O) groups is 1. The quantitative estimate of drug-likeness (QED) is 0.805. The summed E-state index contributed by atoms with van der Waals surface area (Å²) in [6.45, 7) is 2.15. The zero-order valence-corrected chi connectivity index (χ0v) is 13.0. The molecule has 2 heterocycles. The summed E-state index contributed by atoms with van der Waals surface area (Å²) in [5.74, 6) is -0.529. The van der Waals surface area contributed by atoms with Crippen LogP contribution in [0.1, 0.15) is 21.6 Å². The Balaban J connectivity index is 1.72. The average Bonchev–Trinajstić information content (AvgIpc) is 3.15. The van der Waals surface area contributed by atoms with Crippen LogP contribution in [0.5, 0.6) is 0 Å². The third-order valence-corrected chi connectivity index (χ3v) is 3.74. The van der Waals surface area contributed by atoms with E-state index in [1.807, 2.05) is 26.2 Å². The topological polar surface area (TPSA) is 51.9 Å². The lowest BCUT2D eigenvalue weighted by molar-refractivity contribution is 0.0942. The van der Waals surface area contributed by atoms with Gasteiger partial charge in [0.2, 0.25) is 0 Å². The molecule has 0 radical (unpaired) electrons. The van der Waals surface area contributed by atoms with Gasteiger partial charge in [-0.05, 0) is 36.2 Å². The van der Waals surface area contributed by atoms with Crippen molar-refractivity contribution in [3.8, 4) is 5.69 Å². The molecule has 118 valence electrons. The molecule has 0 aliphatic rings. The van der Waals surface area contributed by atoms with E-state index in [4.69, 9.17) is 0 Å². The average molecular weight is 312 g/mol. The van der Waals surface area contributed by atoms with Gasteiger partial charge in [-0.1, -0.05) is 6.07 Å². The molecule has 0 aliphatic carbocycles. The second kappa shape index (κ2) is 6.08. The lowest BCUT2D eigenvalue weighted by Crippen LogP contribution is -2.25. The molecule has 0 bridgehead atoms. The van der Waals surface area contributed by atoms with Crippen molar-refractivity contribution in [2.75, 3.05) is 0 Å². The Morgan fingerprint density at radius 1 is 1.30 bits per heavy atom. The summed E-state index contributed by atoms with van der Waals surface area (Å²) in [6.07, 6.45) is 6.65. The zero-order valence-electron chi connectivity index (χ0n) is 13.0. The van der Waals surface area contributed by atoms with Gasteiger partial charge >= 0.3 is 0 Å². The molecule has 0 fully saturated rings. The molecule has 2 aromatic heterocycles. The van der Waals surface area contributed by atoms with E-state index in [1.165, 1.54) is 12.4 Å². The third-order valence-electron chi connectivity index (χ3n) is 3.74. The van der Waals surface area contributed by atoms with Gasteiger partial charge in [0.15, 0.2) is 0 Å². The number of amides is 1. The normalized spacial score (nSPS) is 10.7. The molecule has 0 spiro atoms. The minimum absolute atomic E-state index is 0.172. The second-order valence-corrected chi connectivity index (χ2v) is 5.40. The van der Waals surface area contributed by atoms with Crippen LogP contribution >= 0.6 is 0 Å². The van der Waals surface area contributed by atoms with E-state index in [0.717, 1.165) is 5.56 Å². The summed E-state index contributed by atoms with van der Waals surface area (Å²) in [5.41, 5.74) is 2.65. The van der Waals surface area contributed by atoms with Gasteiger partial charge in [0, 0.05) is 32.2 Å². The molecule has 23 heavy (non-hydrogen) atoms. The van der Waals surface area contributed by atoms with Gasteiger partial charge in [-0.2, -0.15) is 0 Å². The lowest BCUT2D eigenvalue weighted by atomic mass is 10.2. The Morgan fingerprint density at radius 2 is 2.13 bits per heavy atom. The van der Waals surface area contributed by atoms with Crippen LogP contribution in [0.25, 0.3) is 5.69 Å². The second-order valence-electron chi connectivity index (χ2n) is 5.40. The fraction of sp³-hybridized carbons (Fsp3) is 0.176. The van der Waals surface area contributed by atoms with Crippen LogP contribution in [-0.2, 0) is 13.6 Å². The first-order valence-electron chi connectivity index (χ1n) is 7.23. The molecule has 1 amide bonds. The fourth-order valence-electron chi connectivity index (χ4n) is 2.53. The lowest BCUT2D eigenvalue weighted by Gasteiger charge is -2.09. The predicted octanol–water partition coefficient (Wildman–Crippen LogP) is 2.59. The van der Waals surface area contributed by atoms with E-state index in [9.17, 15) is 9.18 Å². The van der Waals surface area contributed by atoms with E-state index in [0.29, 0.717) is 16.9 Å². The van der Waals surface area contributed by atoms with E-state index in [-0.39, 0.29) is 18.3 Å². The molecule has 1 N–H and O–H groups in total. The minimum atomic E-state index is -0.357. The number of hydrogen-bond acceptors (Lipinski definition) is 2. The molecule has 3 rings (SSSR count). The molecule has 0 saturated heterocycles. The van der Waals surface area contributed by atoms with Crippen molar-refractivity contribution in [3.05, 3.63) is 71.8 Å². The summed E-state index contributed by atoms with van der Waals surface area (Å²) in [5, 5.41) is 2.82. The molecular formula is C17H17FN4O. The maximum atomic E-state index is 14.2. The van der Waals surface area contributed by atoms with E-state index in [1.54, 1.807) is 33.7 Å². The van der Waals surface area contributed by atoms with Gasteiger partial charge < -0.3 is 14.5 Å². The van der Waals surface area contributed by atoms with Gasteiger partial charge in [-0.25, -0.2) is 9.37 Å². The monoisotopic (exact) mass is 312 g/mol. The number of hydrogen-bond donors (Lipinski definition) is 1. The Labute approximate surface area is 133 Å². The number of rotatable bonds is 4. The minimum Gasteiger partial charge on any atom is -0.347 e. The highest BCUT2D eigenvalue weighted by molar-refractivity contribution is 5.94. The molecule has 5 nitrogen and oxygen atoms in total. The van der Waals surface area contributed by atoms with Gasteiger partial charge in [0.25, 0.3) is 5.91 Å². The smallest absolute Gasteiger partial charge is 0.268 e. The molecule has 0 saturated carbocycles. The number of nitrogens with zero attached hydrogens (tertiary/aromatic N) is 3. The highest BCUT2D eigenvalue weighted by atomic mass is 19.1. The molecule has 0 unspecified atom stereocenters. The standard InChI is InChI=1S/C17H17FN4O/c1-12-5-7-21(2)16(12)17(23)20-10-13-3-4-15(14(18)9-13)22-8-6-19-11-22/h3-9,11H,10H2,1-2H3,(H,20,23). The number of halogens is 1. The summed E-state index contributed by atoms with van der Waals surface area (Å²) in [7, 11) is 1.82. The molecule has 0 atom stereocenters. The first kappa shape index (κ1) is 15.0. The third kappa shape index (κ3) is 3.01. The molecule has 6 heteroatoms. The van der Waals surface area contributed by atoms with Crippen molar-refractivity contribution in [1.82, 2.24) is 19.4 Å². The Bertz CT molecular complexity index is 817. The maximum Gasteiger partial charge on any atom is 0.268 e. The summed E-state index contributed by atoms with van der Waals surface area (Å²) in [4.78, 5) is 16.1. The van der Waals surface area contributed by atoms with Crippen LogP contribution in [0.15, 0.2) is 49.2 Å². The number of aromatic nitrogens is 3. The Kier molecular flexibility index (Phi) is 3.97. The SMILES string of the molecule is Cc1ccn(C)c1C(=O)NCc1ccc(-n2ccnc2)c(F)c1. The predicted molar refractivity (Wildman–Crippen MR) is 84.8 cm³/mol. The van der Waals surface area contributed by atoms with E-state index in [2.05, 4.69) is 10.3 Å². The van der Waals surface area contributed by atoms with Gasteiger partial charge in [0.1, 0.15) is 11.5 Å². The summed E-state index contributed by atoms with van der Waals surface area (Å²) < 4.78 is 17.5. The van der Waals surface area contributed by atoms with Crippen molar-refractivity contribution in [2.45, 2.75) is 13.5 Å². The van der Waals surface area contributed by atoms with Gasteiger partial charge in [-0.15, -0.1) is 0 Å².